The molecule has 0 bridgehead atoms. The van der Waals surface area contributed by atoms with Crippen LogP contribution in [-0.4, -0.2) is 153 Å². The fourth-order valence-electron chi connectivity index (χ4n) is 16.7. The van der Waals surface area contributed by atoms with E-state index in [9.17, 15) is 37.1 Å². The molecule has 0 unspecified atom stereocenters. The summed E-state index contributed by atoms with van der Waals surface area (Å²) in [5.74, 6) is -1.68. The standard InChI is InChI=1S/C35H35FN4O3.C30H27FN4O.C21H33BN2O4.C20H14BrFN2O.CH2Cl2.HI/c1-35(2,3)43-34(42)39-19-17-38(18-20-39)28-13-9-25(10-14-28)26-11-15-30-29(21-26)33(41)40(23-24-7-5-4-6-8-24)32-22-27(36)12-16-31(32)37-30;31-24-9-13-28-29(19-24)35(20-21-4-2-1-3-5-21)30(36)26-18-23(8-12-27(26)33-28)22-6-10-25(11-7-22)34-16-14-32-15-17-34;1-19(2,3)26-18(25)24-14-12-23(13-15-24)17-10-8-16(9-11-17)22-27-20(4,5)21(6,7)28-22;21-14-6-8-17-16(10-14)20(25)24(12-13-4-2-1-3-5-13)19-11-15(22)7-9-18(19)23-17;2-1-3;/h4-16,21-22,37H,17-20,23H2,1-3H3;1-13,18-19,32-33H,14-17,20H2;8-11H,12-15H2,1-7H3;1-11,23H,12H2;1H2;1H/p-1. The number of piperazine rings is 3. The molecule has 7 aliphatic rings. The highest BCUT2D eigenvalue weighted by atomic mass is 127. The smallest absolute Gasteiger partial charge is 0.494 e. The Balaban J connectivity index is 0.000000146. The number of hydrogen-bond acceptors (Lipinski definition) is 16. The molecule has 19 rings (SSSR count). The van der Waals surface area contributed by atoms with Gasteiger partial charge >= 0.3 is 19.3 Å². The molecule has 136 heavy (non-hydrogen) atoms. The highest BCUT2D eigenvalue weighted by Gasteiger charge is 2.52. The first-order valence-electron chi connectivity index (χ1n) is 45.3. The molecular weight excluding hydrogens is 1940 g/mol. The van der Waals surface area contributed by atoms with Crippen molar-refractivity contribution in [2.24, 2.45) is 0 Å². The molecule has 12 aromatic rings. The van der Waals surface area contributed by atoms with E-state index in [-0.39, 0.29) is 89.2 Å². The lowest BCUT2D eigenvalue weighted by Crippen LogP contribution is -3.00. The Morgan fingerprint density at radius 1 is 0.390 bits per heavy atom. The molecule has 21 nitrogen and oxygen atoms in total. The van der Waals surface area contributed by atoms with E-state index in [0.29, 0.717) is 114 Å². The lowest BCUT2D eigenvalue weighted by atomic mass is 9.79. The number of carbonyl (C=O) groups is 5. The van der Waals surface area contributed by atoms with E-state index in [4.69, 9.17) is 42.0 Å². The van der Waals surface area contributed by atoms with Crippen molar-refractivity contribution in [3.05, 3.63) is 328 Å². The number of halogens is 7. The first-order chi connectivity index (χ1) is 64.7. The second kappa shape index (κ2) is 43.9. The summed E-state index contributed by atoms with van der Waals surface area (Å²) in [7, 11) is -0.344. The zero-order valence-electron chi connectivity index (χ0n) is 77.8. The van der Waals surface area contributed by atoms with Crippen molar-refractivity contribution < 1.29 is 79.9 Å². The average molecular weight is 2050 g/mol. The predicted octanol–water partition coefficient (Wildman–Crippen LogP) is 20.2. The van der Waals surface area contributed by atoms with Crippen molar-refractivity contribution in [2.75, 3.05) is 129 Å². The van der Waals surface area contributed by atoms with Gasteiger partial charge in [-0.2, -0.15) is 0 Å². The van der Waals surface area contributed by atoms with E-state index >= 15 is 0 Å². The summed E-state index contributed by atoms with van der Waals surface area (Å²) in [4.78, 5) is 81.2. The highest BCUT2D eigenvalue weighted by molar-refractivity contribution is 9.10. The molecule has 0 atom stereocenters. The predicted molar refractivity (Wildman–Crippen MR) is 542 cm³/mol. The maximum absolute atomic E-state index is 14.4. The number of benzene rings is 12. The summed E-state index contributed by atoms with van der Waals surface area (Å²) in [6, 6.07) is 84.9. The molecule has 4 fully saturated rings. The number of nitrogens with zero attached hydrogens (tertiary/aromatic N) is 8. The minimum absolute atomic E-state index is 0. The number of hydrogen-bond donors (Lipinski definition) is 4. The van der Waals surface area contributed by atoms with Gasteiger partial charge in [-0.25, -0.2) is 22.8 Å². The highest BCUT2D eigenvalue weighted by Crippen LogP contribution is 2.44. The number of nitrogens with one attached hydrogen (secondary N) is 4. The van der Waals surface area contributed by atoms with Crippen LogP contribution in [0.2, 0.25) is 0 Å². The molecule has 0 saturated carbocycles. The van der Waals surface area contributed by atoms with E-state index in [1.165, 1.54) is 42.1 Å². The molecule has 4 saturated heterocycles. The number of alkyl halides is 2. The van der Waals surface area contributed by atoms with Gasteiger partial charge in [-0.15, -0.1) is 23.2 Å². The van der Waals surface area contributed by atoms with Gasteiger partial charge in [-0.05, 0) is 247 Å². The summed E-state index contributed by atoms with van der Waals surface area (Å²) in [6.45, 7) is 30.1. The summed E-state index contributed by atoms with van der Waals surface area (Å²) < 4.78 is 66.6. The zero-order valence-corrected chi connectivity index (χ0v) is 83.0. The van der Waals surface area contributed by atoms with Crippen LogP contribution in [0.4, 0.5) is 91.0 Å². The molecule has 0 aliphatic carbocycles. The molecule has 7 heterocycles. The van der Waals surface area contributed by atoms with Gasteiger partial charge < -0.3 is 103 Å². The summed E-state index contributed by atoms with van der Waals surface area (Å²) >= 11 is 12.9. The van der Waals surface area contributed by atoms with Crippen molar-refractivity contribution in [3.8, 4) is 22.3 Å². The van der Waals surface area contributed by atoms with Crippen molar-refractivity contribution in [1.82, 2.24) is 15.1 Å². The van der Waals surface area contributed by atoms with Crippen molar-refractivity contribution in [2.45, 2.75) is 111 Å². The molecule has 0 spiro atoms. The van der Waals surface area contributed by atoms with Crippen LogP contribution in [0, 0.1) is 17.5 Å². The van der Waals surface area contributed by atoms with Gasteiger partial charge in [0.2, 0.25) is 0 Å². The van der Waals surface area contributed by atoms with E-state index in [0.717, 1.165) is 113 Å². The van der Waals surface area contributed by atoms with Gasteiger partial charge in [0.05, 0.1) is 104 Å². The molecule has 0 aromatic heterocycles. The van der Waals surface area contributed by atoms with Gasteiger partial charge in [-0.3, -0.25) is 14.4 Å². The fraction of sp³-hybridized carbons (Fsp3) is 0.280. The first kappa shape index (κ1) is 99.9. The van der Waals surface area contributed by atoms with Gasteiger partial charge in [0.1, 0.15) is 28.7 Å². The summed E-state index contributed by atoms with van der Waals surface area (Å²) in [5.41, 5.74) is 17.0. The molecule has 7 aliphatic heterocycles. The maximum atomic E-state index is 14.4. The van der Waals surface area contributed by atoms with Crippen molar-refractivity contribution in [3.63, 3.8) is 0 Å². The quantitative estimate of drug-likeness (QED) is 0.0512. The molecule has 5 amide bonds. The number of ether oxygens (including phenoxy) is 2. The largest absolute Gasteiger partial charge is 1.00 e. The second-order valence-electron chi connectivity index (χ2n) is 36.7. The lowest BCUT2D eigenvalue weighted by Gasteiger charge is -2.36. The minimum atomic E-state index is -0.511. The molecule has 0 radical (unpaired) electrons. The van der Waals surface area contributed by atoms with Crippen LogP contribution < -0.4 is 80.1 Å². The SMILES string of the molecule is CC(C)(C)OC(=O)N1CCN(c2ccc(-c3ccc4c(c3)C(=O)N(Cc3ccccc3)c3cc(F)ccc3N4)cc2)CC1.CC(C)(C)OC(=O)N1CCN(c2ccc(B3OC(C)(C)C(C)(C)O3)cc2)CC1.ClCCl.O=C1c2cc(-c3ccc(N4CCNCC4)cc3)ccc2Nc2ccc(F)cc2N1Cc1ccccc1.O=C1c2cc(Br)ccc2Nc2ccc(F)cc2N1Cc1ccccc1.[I-]. The van der Waals surface area contributed by atoms with Gasteiger partial charge in [-0.1, -0.05) is 155 Å². The fourth-order valence-corrected chi connectivity index (χ4v) is 17.1. The Kier molecular flexibility index (Phi) is 32.3. The maximum Gasteiger partial charge on any atom is 0.494 e. The Bertz CT molecular complexity index is 6200. The third-order valence-corrected chi connectivity index (χ3v) is 24.9. The minimum Gasteiger partial charge on any atom is -1.00 e. The Morgan fingerprint density at radius 3 is 1.01 bits per heavy atom. The van der Waals surface area contributed by atoms with Crippen molar-refractivity contribution >= 4 is 150 Å². The van der Waals surface area contributed by atoms with Crippen LogP contribution in [0.25, 0.3) is 22.3 Å². The van der Waals surface area contributed by atoms with Crippen LogP contribution in [-0.2, 0) is 38.4 Å². The summed E-state index contributed by atoms with van der Waals surface area (Å²) in [6.07, 6.45) is -0.506. The zero-order chi connectivity index (χ0) is 95.5. The number of rotatable bonds is 12. The topological polar surface area (TPSA) is 196 Å². The van der Waals surface area contributed by atoms with Gasteiger partial charge in [0, 0.05) is 100 Å². The van der Waals surface area contributed by atoms with E-state index in [1.54, 1.807) is 48.8 Å². The molecule has 12 aromatic carbocycles. The van der Waals surface area contributed by atoms with Crippen molar-refractivity contribution in [1.29, 1.82) is 0 Å². The first-order valence-corrected chi connectivity index (χ1v) is 47.1. The molecular formula is C107H111BBrCl2F3IN12O9-. The van der Waals surface area contributed by atoms with Crippen LogP contribution in [0.1, 0.15) is 117 Å². The number of fused-ring (bicyclic) bond motifs is 6. The number of amides is 5. The molecule has 706 valence electrons. The Hall–Kier alpha value is -12.1. The normalized spacial score (nSPS) is 15.7. The Labute approximate surface area is 829 Å². The van der Waals surface area contributed by atoms with Gasteiger partial charge in [0.25, 0.3) is 17.7 Å². The molecule has 4 N–H and O–H groups in total. The van der Waals surface area contributed by atoms with Gasteiger partial charge in [0.15, 0.2) is 0 Å². The van der Waals surface area contributed by atoms with Crippen LogP contribution in [0.5, 0.6) is 0 Å². The lowest BCUT2D eigenvalue weighted by molar-refractivity contribution is -0.000128. The van der Waals surface area contributed by atoms with E-state index in [2.05, 4.69) is 152 Å². The summed E-state index contributed by atoms with van der Waals surface area (Å²) in [5, 5.41) is 13.6. The Morgan fingerprint density at radius 2 is 0.684 bits per heavy atom. The third kappa shape index (κ3) is 24.6. The molecule has 29 heteroatoms. The van der Waals surface area contributed by atoms with Crippen LogP contribution in [0.15, 0.2) is 277 Å². The third-order valence-electron chi connectivity index (χ3n) is 24.5. The van der Waals surface area contributed by atoms with E-state index < -0.39 is 17.0 Å². The van der Waals surface area contributed by atoms with Crippen LogP contribution >= 0.6 is 39.1 Å². The number of anilines is 12. The average Bonchev–Trinajstić information content (AvgIpc) is 1.63. The van der Waals surface area contributed by atoms with Crippen LogP contribution in [0.3, 0.4) is 0 Å². The number of carbonyl (C=O) groups excluding carboxylic acids is 5. The monoisotopic (exact) mass is 2050 g/mol. The van der Waals surface area contributed by atoms with E-state index in [1.807, 2.05) is 181 Å². The second-order valence-corrected chi connectivity index (χ2v) is 38.4.